The Kier molecular flexibility index (Phi) is 4.23. The van der Waals surface area contributed by atoms with Crippen molar-refractivity contribution < 1.29 is 14.3 Å². The van der Waals surface area contributed by atoms with Gasteiger partial charge in [-0.1, -0.05) is 30.1 Å². The van der Waals surface area contributed by atoms with Crippen LogP contribution in [0.1, 0.15) is 17.3 Å². The zero-order valence-electron chi connectivity index (χ0n) is 10.8. The van der Waals surface area contributed by atoms with E-state index in [0.717, 1.165) is 0 Å². The second kappa shape index (κ2) is 5.57. The van der Waals surface area contributed by atoms with Gasteiger partial charge in [0.2, 0.25) is 0 Å². The molecule has 6 heteroatoms. The van der Waals surface area contributed by atoms with Gasteiger partial charge in [0.15, 0.2) is 5.75 Å². The zero-order valence-corrected chi connectivity index (χ0v) is 12.3. The maximum atomic E-state index is 12.0. The lowest BCUT2D eigenvalue weighted by molar-refractivity contribution is -0.0978. The quantitative estimate of drug-likeness (QED) is 0.930. The second-order valence-electron chi connectivity index (χ2n) is 4.96. The summed E-state index contributed by atoms with van der Waals surface area (Å²) >= 11 is 12.0. The molecular weight excluding hydrogens is 289 g/mol. The molecule has 1 amide bonds. The lowest BCUT2D eigenvalue weighted by Gasteiger charge is -2.38. The minimum atomic E-state index is -0.209. The highest BCUT2D eigenvalue weighted by molar-refractivity contribution is 6.37. The van der Waals surface area contributed by atoms with E-state index in [9.17, 15) is 4.79 Å². The van der Waals surface area contributed by atoms with Crippen LogP contribution < -0.4 is 10.1 Å². The van der Waals surface area contributed by atoms with Crippen molar-refractivity contribution in [1.82, 2.24) is 5.32 Å². The smallest absolute Gasteiger partial charge is 0.251 e. The molecule has 4 nitrogen and oxygen atoms in total. The summed E-state index contributed by atoms with van der Waals surface area (Å²) in [6.45, 7) is 3.95. The molecule has 1 aliphatic rings. The molecule has 0 unspecified atom stereocenters. The molecule has 0 bridgehead atoms. The van der Waals surface area contributed by atoms with Crippen LogP contribution in [0.5, 0.6) is 5.75 Å². The molecule has 19 heavy (non-hydrogen) atoms. The third-order valence-corrected chi connectivity index (χ3v) is 3.60. The molecule has 0 spiro atoms. The van der Waals surface area contributed by atoms with Crippen LogP contribution in [0.3, 0.4) is 0 Å². The second-order valence-corrected chi connectivity index (χ2v) is 5.77. The number of carbonyl (C=O) groups excluding carboxylic acids is 1. The topological polar surface area (TPSA) is 47.6 Å². The number of methoxy groups -OCH3 is 1. The van der Waals surface area contributed by atoms with Gasteiger partial charge >= 0.3 is 0 Å². The summed E-state index contributed by atoms with van der Waals surface area (Å²) < 4.78 is 10.2. The Bertz CT molecular complexity index is 478. The minimum Gasteiger partial charge on any atom is -0.494 e. The van der Waals surface area contributed by atoms with Crippen molar-refractivity contribution in [2.75, 3.05) is 26.9 Å². The highest BCUT2D eigenvalue weighted by Gasteiger charge is 2.33. The van der Waals surface area contributed by atoms with Gasteiger partial charge in [-0.05, 0) is 12.1 Å². The first-order valence-electron chi connectivity index (χ1n) is 5.84. The van der Waals surface area contributed by atoms with Crippen molar-refractivity contribution in [3.63, 3.8) is 0 Å². The Morgan fingerprint density at radius 2 is 2.00 bits per heavy atom. The molecule has 0 radical (unpaired) electrons. The van der Waals surface area contributed by atoms with E-state index in [2.05, 4.69) is 12.2 Å². The predicted octanol–water partition coefficient (Wildman–Crippen LogP) is 2.77. The molecule has 1 aromatic carbocycles. The summed E-state index contributed by atoms with van der Waals surface area (Å²) in [7, 11) is 1.48. The Hall–Kier alpha value is -0.970. The average molecular weight is 304 g/mol. The fourth-order valence-corrected chi connectivity index (χ4v) is 2.48. The fraction of sp³-hybridized carbons (Fsp3) is 0.462. The highest BCUT2D eigenvalue weighted by atomic mass is 35.5. The van der Waals surface area contributed by atoms with E-state index in [4.69, 9.17) is 32.7 Å². The van der Waals surface area contributed by atoms with E-state index in [1.54, 1.807) is 12.1 Å². The molecule has 1 fully saturated rings. The van der Waals surface area contributed by atoms with Gasteiger partial charge in [0, 0.05) is 17.5 Å². The molecule has 1 heterocycles. The van der Waals surface area contributed by atoms with Crippen molar-refractivity contribution in [3.05, 3.63) is 27.7 Å². The van der Waals surface area contributed by atoms with Crippen molar-refractivity contribution in [2.45, 2.75) is 6.92 Å². The van der Waals surface area contributed by atoms with Gasteiger partial charge in [-0.2, -0.15) is 0 Å². The lowest BCUT2D eigenvalue weighted by Crippen LogP contribution is -2.48. The Balaban J connectivity index is 2.07. The number of rotatable bonds is 4. The number of amides is 1. The summed E-state index contributed by atoms with van der Waals surface area (Å²) in [5, 5.41) is 3.49. The summed E-state index contributed by atoms with van der Waals surface area (Å²) in [6.07, 6.45) is 0. The standard InChI is InChI=1S/C13H15Cl2NO3/c1-13(6-19-7-13)5-16-12(17)8-3-9(14)11(18-2)10(15)4-8/h3-4H,5-7H2,1-2H3,(H,16,17). The number of benzene rings is 1. The molecule has 0 aliphatic carbocycles. The van der Waals surface area contributed by atoms with Crippen LogP contribution in [0.2, 0.25) is 10.0 Å². The van der Waals surface area contributed by atoms with E-state index in [1.807, 2.05) is 0 Å². The van der Waals surface area contributed by atoms with Gasteiger partial charge in [-0.3, -0.25) is 4.79 Å². The summed E-state index contributed by atoms with van der Waals surface area (Å²) in [5.74, 6) is 0.166. The van der Waals surface area contributed by atoms with Crippen LogP contribution in [0.15, 0.2) is 12.1 Å². The van der Waals surface area contributed by atoms with Crippen LogP contribution in [0, 0.1) is 5.41 Å². The van der Waals surface area contributed by atoms with E-state index >= 15 is 0 Å². The van der Waals surface area contributed by atoms with Gasteiger partial charge in [0.1, 0.15) is 0 Å². The van der Waals surface area contributed by atoms with Gasteiger partial charge in [-0.15, -0.1) is 0 Å². The Morgan fingerprint density at radius 3 is 2.42 bits per heavy atom. The van der Waals surface area contributed by atoms with E-state index < -0.39 is 0 Å². The lowest BCUT2D eigenvalue weighted by atomic mass is 9.88. The fourth-order valence-electron chi connectivity index (χ4n) is 1.83. The number of carbonyl (C=O) groups is 1. The minimum absolute atomic E-state index is 0.0235. The molecule has 2 rings (SSSR count). The molecule has 1 aliphatic heterocycles. The average Bonchev–Trinajstić information content (AvgIpc) is 2.33. The van der Waals surface area contributed by atoms with Crippen LogP contribution in [0.4, 0.5) is 0 Å². The predicted molar refractivity (Wildman–Crippen MR) is 74.3 cm³/mol. The molecule has 0 atom stereocenters. The van der Waals surface area contributed by atoms with Crippen LogP contribution in [0.25, 0.3) is 0 Å². The summed E-state index contributed by atoms with van der Waals surface area (Å²) in [6, 6.07) is 3.09. The number of nitrogens with one attached hydrogen (secondary N) is 1. The third kappa shape index (κ3) is 3.14. The first kappa shape index (κ1) is 14.4. The van der Waals surface area contributed by atoms with E-state index in [0.29, 0.717) is 41.1 Å². The molecule has 1 N–H and O–H groups in total. The van der Waals surface area contributed by atoms with Gasteiger partial charge in [-0.25, -0.2) is 0 Å². The third-order valence-electron chi connectivity index (χ3n) is 3.04. The Morgan fingerprint density at radius 1 is 1.42 bits per heavy atom. The summed E-state index contributed by atoms with van der Waals surface area (Å²) in [5.41, 5.74) is 0.440. The van der Waals surface area contributed by atoms with Gasteiger partial charge in [0.25, 0.3) is 5.91 Å². The monoisotopic (exact) mass is 303 g/mol. The number of hydrogen-bond acceptors (Lipinski definition) is 3. The molecule has 104 valence electrons. The van der Waals surface area contributed by atoms with Crippen LogP contribution >= 0.6 is 23.2 Å². The first-order valence-corrected chi connectivity index (χ1v) is 6.60. The Labute approximate surface area is 122 Å². The van der Waals surface area contributed by atoms with Gasteiger partial charge < -0.3 is 14.8 Å². The van der Waals surface area contributed by atoms with Crippen molar-refractivity contribution in [3.8, 4) is 5.75 Å². The number of halogens is 2. The molecule has 0 aromatic heterocycles. The molecule has 1 saturated heterocycles. The van der Waals surface area contributed by atoms with E-state index in [-0.39, 0.29) is 11.3 Å². The zero-order chi connectivity index (χ0) is 14.0. The maximum Gasteiger partial charge on any atom is 0.251 e. The molecular formula is C13H15Cl2NO3. The summed E-state index contributed by atoms with van der Waals surface area (Å²) in [4.78, 5) is 12.0. The van der Waals surface area contributed by atoms with Crippen LogP contribution in [-0.2, 0) is 4.74 Å². The first-order chi connectivity index (χ1) is 8.95. The molecule has 0 saturated carbocycles. The largest absolute Gasteiger partial charge is 0.494 e. The maximum absolute atomic E-state index is 12.0. The van der Waals surface area contributed by atoms with Crippen LogP contribution in [-0.4, -0.2) is 32.8 Å². The van der Waals surface area contributed by atoms with Crippen molar-refractivity contribution in [1.29, 1.82) is 0 Å². The molecule has 1 aromatic rings. The van der Waals surface area contributed by atoms with E-state index in [1.165, 1.54) is 7.11 Å². The van der Waals surface area contributed by atoms with Crippen molar-refractivity contribution >= 4 is 29.1 Å². The normalized spacial score (nSPS) is 16.6. The number of hydrogen-bond donors (Lipinski definition) is 1. The van der Waals surface area contributed by atoms with Crippen molar-refractivity contribution in [2.24, 2.45) is 5.41 Å². The number of ether oxygens (including phenoxy) is 2. The van der Waals surface area contributed by atoms with Gasteiger partial charge in [0.05, 0.1) is 30.4 Å². The SMILES string of the molecule is COc1c(Cl)cc(C(=O)NCC2(C)COC2)cc1Cl. The highest BCUT2D eigenvalue weighted by Crippen LogP contribution is 2.34.